The van der Waals surface area contributed by atoms with E-state index in [1.54, 1.807) is 0 Å². The topological polar surface area (TPSA) is 260 Å². The highest BCUT2D eigenvalue weighted by Crippen LogP contribution is 2.05. The number of aliphatic carboxylic acids is 1. The second-order valence-electron chi connectivity index (χ2n) is 5.00. The lowest BCUT2D eigenvalue weighted by Gasteiger charge is -2.24. The lowest BCUT2D eigenvalue weighted by atomic mass is 10.0. The number of rotatable bonds is 10. The molecule has 0 amide bonds. The summed E-state index contributed by atoms with van der Waals surface area (Å²) in [4.78, 5) is 10.1. The van der Waals surface area contributed by atoms with Crippen molar-refractivity contribution in [3.05, 3.63) is 0 Å². The lowest BCUT2D eigenvalue weighted by molar-refractivity contribution is -0.164. The van der Waals surface area contributed by atoms with E-state index in [1.807, 2.05) is 0 Å². The van der Waals surface area contributed by atoms with Crippen molar-refractivity contribution in [2.24, 2.45) is 0 Å². The first-order valence-electron chi connectivity index (χ1n) is 6.96. The van der Waals surface area contributed by atoms with Crippen LogP contribution in [0.1, 0.15) is 0 Å². The molecule has 8 atom stereocenters. The summed E-state index contributed by atoms with van der Waals surface area (Å²) in [6, 6.07) is 0. The quantitative estimate of drug-likeness (QED) is 0.169. The standard InChI is InChI=1S/C6H12O7.C6H14O6/c7-1-2(8)3(9)4(10)5(11)6(12)13;7-1-3(9)5(11)6(12)4(10)2-8/h2-5,7-11H,1H2,(H,12,13);3-12H,1-2H2/t2-,3-,4+,5-;3-,4-,5-,6-/m11/s1. The minimum Gasteiger partial charge on any atom is -0.479 e. The molecule has 0 aliphatic carbocycles. The second kappa shape index (κ2) is 13.3. The Morgan fingerprint density at radius 3 is 1.00 bits per heavy atom. The van der Waals surface area contributed by atoms with E-state index >= 15 is 0 Å². The van der Waals surface area contributed by atoms with Gasteiger partial charge >= 0.3 is 5.97 Å². The SMILES string of the molecule is O=C(O)[C@H](O)[C@@H](O)[C@H](O)[C@H](O)CO.OC[C@@H](O)[C@@H](O)[C@H](O)[C@H](O)CO. The van der Waals surface area contributed by atoms with Crippen LogP contribution >= 0.6 is 0 Å². The predicted molar refractivity (Wildman–Crippen MR) is 76.9 cm³/mol. The Bertz CT molecular complexity index is 340. The van der Waals surface area contributed by atoms with Crippen molar-refractivity contribution in [1.82, 2.24) is 0 Å². The molecule has 0 aliphatic heterocycles. The summed E-state index contributed by atoms with van der Waals surface area (Å²) in [5.74, 6) is -1.73. The highest BCUT2D eigenvalue weighted by molar-refractivity contribution is 5.72. The Kier molecular flexibility index (Phi) is 13.9. The van der Waals surface area contributed by atoms with Crippen LogP contribution in [-0.4, -0.2) is 136 Å². The van der Waals surface area contributed by atoms with E-state index in [0.717, 1.165) is 0 Å². The Morgan fingerprint density at radius 2 is 0.800 bits per heavy atom. The minimum atomic E-state index is -2.20. The number of aliphatic hydroxyl groups excluding tert-OH is 11. The molecule has 12 N–H and O–H groups in total. The molecule has 0 heterocycles. The summed E-state index contributed by atoms with van der Waals surface area (Å²) >= 11 is 0. The maximum Gasteiger partial charge on any atom is 0.335 e. The third-order valence-corrected chi connectivity index (χ3v) is 3.02. The summed E-state index contributed by atoms with van der Waals surface area (Å²) in [6.07, 6.45) is -14.2. The molecule has 0 radical (unpaired) electrons. The smallest absolute Gasteiger partial charge is 0.335 e. The van der Waals surface area contributed by atoms with E-state index in [9.17, 15) is 4.79 Å². The first-order valence-corrected chi connectivity index (χ1v) is 6.96. The van der Waals surface area contributed by atoms with Crippen molar-refractivity contribution in [1.29, 1.82) is 0 Å². The number of aliphatic hydroxyl groups is 11. The Morgan fingerprint density at radius 1 is 0.560 bits per heavy atom. The zero-order valence-electron chi connectivity index (χ0n) is 13.0. The van der Waals surface area contributed by atoms with Gasteiger partial charge in [0.15, 0.2) is 6.10 Å². The van der Waals surface area contributed by atoms with Crippen LogP contribution in [0.15, 0.2) is 0 Å². The van der Waals surface area contributed by atoms with Gasteiger partial charge in [-0.05, 0) is 0 Å². The maximum absolute atomic E-state index is 10.1. The van der Waals surface area contributed by atoms with Crippen LogP contribution in [0.5, 0.6) is 0 Å². The molecule has 0 aromatic heterocycles. The average molecular weight is 378 g/mol. The minimum absolute atomic E-state index is 0.726. The summed E-state index contributed by atoms with van der Waals surface area (Å²) < 4.78 is 0. The van der Waals surface area contributed by atoms with E-state index in [0.29, 0.717) is 0 Å². The zero-order chi connectivity index (χ0) is 20.3. The first-order chi connectivity index (χ1) is 11.5. The summed E-state index contributed by atoms with van der Waals surface area (Å²) in [7, 11) is 0. The van der Waals surface area contributed by atoms with Gasteiger partial charge < -0.3 is 61.3 Å². The van der Waals surface area contributed by atoms with Gasteiger partial charge in [0.1, 0.15) is 42.7 Å². The van der Waals surface area contributed by atoms with Gasteiger partial charge in [-0.2, -0.15) is 0 Å². The van der Waals surface area contributed by atoms with Gasteiger partial charge in [-0.15, -0.1) is 0 Å². The number of hydrogen-bond donors (Lipinski definition) is 12. The number of carboxylic acids is 1. The van der Waals surface area contributed by atoms with Crippen molar-refractivity contribution in [2.75, 3.05) is 19.8 Å². The van der Waals surface area contributed by atoms with Gasteiger partial charge in [0.05, 0.1) is 19.8 Å². The van der Waals surface area contributed by atoms with Crippen LogP contribution in [0.3, 0.4) is 0 Å². The van der Waals surface area contributed by atoms with Crippen molar-refractivity contribution >= 4 is 5.97 Å². The van der Waals surface area contributed by atoms with Gasteiger partial charge in [0, 0.05) is 0 Å². The third-order valence-electron chi connectivity index (χ3n) is 3.02. The fourth-order valence-electron chi connectivity index (χ4n) is 1.34. The molecule has 0 saturated heterocycles. The molecule has 0 bridgehead atoms. The predicted octanol–water partition coefficient (Wildman–Crippen LogP) is -7.08. The van der Waals surface area contributed by atoms with Crippen molar-refractivity contribution in [3.63, 3.8) is 0 Å². The number of carboxylic acid groups (broad SMARTS) is 1. The van der Waals surface area contributed by atoms with Crippen LogP contribution < -0.4 is 0 Å². The molecular weight excluding hydrogens is 352 g/mol. The molecule has 13 heteroatoms. The molecular formula is C12H26O13. The van der Waals surface area contributed by atoms with E-state index < -0.39 is 74.6 Å². The molecule has 0 aliphatic rings. The van der Waals surface area contributed by atoms with Crippen LogP contribution in [0, 0.1) is 0 Å². The molecule has 0 saturated carbocycles. The monoisotopic (exact) mass is 378 g/mol. The number of carbonyl (C=O) groups is 1. The van der Waals surface area contributed by atoms with Crippen molar-refractivity contribution in [2.45, 2.75) is 48.8 Å². The highest BCUT2D eigenvalue weighted by atomic mass is 16.4. The second-order valence-corrected chi connectivity index (χ2v) is 5.00. The molecule has 0 unspecified atom stereocenters. The molecule has 0 aromatic rings. The average Bonchev–Trinajstić information content (AvgIpc) is 2.62. The molecule has 13 nitrogen and oxygen atoms in total. The Hall–Kier alpha value is -0.970. The van der Waals surface area contributed by atoms with Crippen LogP contribution in [0.2, 0.25) is 0 Å². The molecule has 25 heavy (non-hydrogen) atoms. The Balaban J connectivity index is 0. The summed E-state index contributed by atoms with van der Waals surface area (Å²) in [6.45, 7) is -2.29. The van der Waals surface area contributed by atoms with E-state index in [4.69, 9.17) is 61.3 Å². The zero-order valence-corrected chi connectivity index (χ0v) is 13.0. The Labute approximate surface area is 141 Å². The highest BCUT2D eigenvalue weighted by Gasteiger charge is 2.33. The van der Waals surface area contributed by atoms with E-state index in [-0.39, 0.29) is 0 Å². The van der Waals surface area contributed by atoms with Crippen LogP contribution in [-0.2, 0) is 4.79 Å². The maximum atomic E-state index is 10.1. The molecule has 152 valence electrons. The lowest BCUT2D eigenvalue weighted by Crippen LogP contribution is -2.48. The van der Waals surface area contributed by atoms with Crippen molar-refractivity contribution in [3.8, 4) is 0 Å². The van der Waals surface area contributed by atoms with E-state index in [1.165, 1.54) is 0 Å². The number of hydrogen-bond acceptors (Lipinski definition) is 12. The van der Waals surface area contributed by atoms with Gasteiger partial charge in [-0.1, -0.05) is 0 Å². The van der Waals surface area contributed by atoms with Crippen LogP contribution in [0.4, 0.5) is 0 Å². The van der Waals surface area contributed by atoms with Crippen molar-refractivity contribution < 1.29 is 66.1 Å². The molecule has 0 aromatic carbocycles. The summed E-state index contributed by atoms with van der Waals surface area (Å²) in [5, 5.41) is 104. The molecule has 0 spiro atoms. The fourth-order valence-corrected chi connectivity index (χ4v) is 1.34. The fraction of sp³-hybridized carbons (Fsp3) is 0.917. The normalized spacial score (nSPS) is 20.9. The molecule has 0 rings (SSSR count). The largest absolute Gasteiger partial charge is 0.479 e. The van der Waals surface area contributed by atoms with Gasteiger partial charge in [0.2, 0.25) is 0 Å². The van der Waals surface area contributed by atoms with Gasteiger partial charge in [0.25, 0.3) is 0 Å². The van der Waals surface area contributed by atoms with E-state index in [2.05, 4.69) is 0 Å². The summed E-state index contributed by atoms with van der Waals surface area (Å²) in [5.41, 5.74) is 0. The van der Waals surface area contributed by atoms with Gasteiger partial charge in [-0.3, -0.25) is 0 Å². The first kappa shape index (κ1) is 26.3. The van der Waals surface area contributed by atoms with Gasteiger partial charge in [-0.25, -0.2) is 4.79 Å². The third kappa shape index (κ3) is 9.34. The van der Waals surface area contributed by atoms with Crippen LogP contribution in [0.25, 0.3) is 0 Å². The molecule has 0 fully saturated rings.